The molecule has 0 aliphatic heterocycles. The van der Waals surface area contributed by atoms with Crippen LogP contribution in [0.2, 0.25) is 0 Å². The summed E-state index contributed by atoms with van der Waals surface area (Å²) in [6.45, 7) is 14.2. The Labute approximate surface area is 457 Å². The lowest BCUT2D eigenvalue weighted by molar-refractivity contribution is 0.659. The normalized spacial score (nSPS) is 14.6. The third-order valence-corrected chi connectivity index (χ3v) is 17.9. The summed E-state index contributed by atoms with van der Waals surface area (Å²) in [5, 5.41) is 2.17. The van der Waals surface area contributed by atoms with Gasteiger partial charge in [-0.15, -0.1) is 0 Å². The molecular formula is C75H58N2O. The molecule has 0 radical (unpaired) electrons. The maximum Gasteiger partial charge on any atom is 0.159 e. The van der Waals surface area contributed by atoms with Gasteiger partial charge >= 0.3 is 0 Å². The number of furan rings is 1. The summed E-state index contributed by atoms with van der Waals surface area (Å²) in [4.78, 5) is 4.84. The fourth-order valence-corrected chi connectivity index (χ4v) is 13.8. The molecule has 0 spiro atoms. The van der Waals surface area contributed by atoms with Gasteiger partial charge in [0.15, 0.2) is 5.58 Å². The van der Waals surface area contributed by atoms with Crippen molar-refractivity contribution < 1.29 is 4.42 Å². The molecule has 0 amide bonds. The fraction of sp³-hybridized carbons (Fsp3) is 0.120. The predicted octanol–water partition coefficient (Wildman–Crippen LogP) is 20.8. The molecule has 3 aliphatic carbocycles. The molecule has 3 aliphatic rings. The Balaban J connectivity index is 0.857. The summed E-state index contributed by atoms with van der Waals surface area (Å²) in [5.74, 6) is 0. The third-order valence-electron chi connectivity index (χ3n) is 17.9. The van der Waals surface area contributed by atoms with Crippen molar-refractivity contribution in [3.05, 3.63) is 276 Å². The molecule has 1 heterocycles. The van der Waals surface area contributed by atoms with Gasteiger partial charge in [0.1, 0.15) is 5.58 Å². The van der Waals surface area contributed by atoms with Crippen LogP contribution in [0.1, 0.15) is 74.9 Å². The minimum absolute atomic E-state index is 0.133. The van der Waals surface area contributed by atoms with Gasteiger partial charge in [0, 0.05) is 61.0 Å². The van der Waals surface area contributed by atoms with Crippen molar-refractivity contribution in [2.45, 2.75) is 57.8 Å². The Morgan fingerprint density at radius 1 is 0.256 bits per heavy atom. The zero-order valence-corrected chi connectivity index (χ0v) is 44.9. The second-order valence-corrected chi connectivity index (χ2v) is 23.3. The van der Waals surface area contributed by atoms with Gasteiger partial charge in [-0.25, -0.2) is 0 Å². The Morgan fingerprint density at radius 2 is 0.615 bits per heavy atom. The second-order valence-electron chi connectivity index (χ2n) is 23.3. The van der Waals surface area contributed by atoms with Crippen LogP contribution in [0.25, 0.3) is 77.6 Å². The first-order valence-corrected chi connectivity index (χ1v) is 27.5. The number of rotatable bonds is 8. The van der Waals surface area contributed by atoms with Gasteiger partial charge in [0.05, 0.1) is 5.69 Å². The number of anilines is 6. The molecule has 0 fully saturated rings. The van der Waals surface area contributed by atoms with Crippen LogP contribution in [0.3, 0.4) is 0 Å². The molecule has 12 aromatic rings. The Kier molecular flexibility index (Phi) is 10.0. The molecule has 15 rings (SSSR count). The minimum atomic E-state index is -0.167. The summed E-state index contributed by atoms with van der Waals surface area (Å²) in [6.07, 6.45) is 0. The van der Waals surface area contributed by atoms with E-state index in [1.165, 1.54) is 77.9 Å². The lowest BCUT2D eigenvalue weighted by Crippen LogP contribution is -2.18. The topological polar surface area (TPSA) is 19.6 Å². The summed E-state index contributed by atoms with van der Waals surface area (Å²) in [5.41, 5.74) is 28.3. The summed E-state index contributed by atoms with van der Waals surface area (Å²) < 4.78 is 7.36. The Bertz CT molecular complexity index is 4290. The van der Waals surface area contributed by atoms with E-state index in [1.54, 1.807) is 0 Å². The molecule has 78 heavy (non-hydrogen) atoms. The van der Waals surface area contributed by atoms with Crippen LogP contribution in [-0.2, 0) is 16.2 Å². The second kappa shape index (κ2) is 16.9. The molecule has 0 saturated heterocycles. The first-order valence-electron chi connectivity index (χ1n) is 27.5. The summed E-state index contributed by atoms with van der Waals surface area (Å²) in [7, 11) is 0. The van der Waals surface area contributed by atoms with Crippen molar-refractivity contribution in [3.63, 3.8) is 0 Å². The highest BCUT2D eigenvalue weighted by atomic mass is 16.3. The van der Waals surface area contributed by atoms with Crippen LogP contribution in [0, 0.1) is 0 Å². The van der Waals surface area contributed by atoms with Crippen LogP contribution in [0.15, 0.2) is 247 Å². The van der Waals surface area contributed by atoms with E-state index < -0.39 is 0 Å². The van der Waals surface area contributed by atoms with E-state index in [9.17, 15) is 0 Å². The highest BCUT2D eigenvalue weighted by Gasteiger charge is 2.39. The van der Waals surface area contributed by atoms with Gasteiger partial charge in [-0.2, -0.15) is 0 Å². The summed E-state index contributed by atoms with van der Waals surface area (Å²) in [6, 6.07) is 89.8. The van der Waals surface area contributed by atoms with E-state index in [0.717, 1.165) is 67.2 Å². The molecule has 3 heteroatoms. The van der Waals surface area contributed by atoms with Gasteiger partial charge in [-0.3, -0.25) is 0 Å². The molecule has 3 nitrogen and oxygen atoms in total. The zero-order valence-electron chi connectivity index (χ0n) is 44.9. The first kappa shape index (κ1) is 46.1. The minimum Gasteiger partial charge on any atom is -0.453 e. The smallest absolute Gasteiger partial charge is 0.159 e. The third kappa shape index (κ3) is 6.77. The Hall–Kier alpha value is -9.18. The van der Waals surface area contributed by atoms with Crippen molar-refractivity contribution in [1.29, 1.82) is 0 Å². The largest absolute Gasteiger partial charge is 0.453 e. The number of hydrogen-bond donors (Lipinski definition) is 0. The monoisotopic (exact) mass is 1000 g/mol. The molecule has 0 unspecified atom stereocenters. The van der Waals surface area contributed by atoms with Crippen LogP contribution in [0.4, 0.5) is 34.1 Å². The molecular weight excluding hydrogens is 945 g/mol. The molecule has 1 aromatic heterocycles. The van der Waals surface area contributed by atoms with Crippen molar-refractivity contribution >= 4 is 56.1 Å². The maximum absolute atomic E-state index is 7.36. The van der Waals surface area contributed by atoms with E-state index in [4.69, 9.17) is 4.42 Å². The molecule has 0 atom stereocenters. The lowest BCUT2D eigenvalue weighted by Gasteiger charge is -2.29. The van der Waals surface area contributed by atoms with E-state index >= 15 is 0 Å². The number of hydrogen-bond acceptors (Lipinski definition) is 3. The van der Waals surface area contributed by atoms with Gasteiger partial charge in [-0.05, 0) is 150 Å². The van der Waals surface area contributed by atoms with E-state index in [1.807, 2.05) is 0 Å². The van der Waals surface area contributed by atoms with Gasteiger partial charge in [-0.1, -0.05) is 217 Å². The van der Waals surface area contributed by atoms with Crippen molar-refractivity contribution in [2.24, 2.45) is 0 Å². The molecule has 0 saturated carbocycles. The quantitative estimate of drug-likeness (QED) is 0.151. The average Bonchev–Trinajstić information content (AvgIpc) is 4.15. The van der Waals surface area contributed by atoms with Crippen molar-refractivity contribution in [3.8, 4) is 55.6 Å². The molecule has 0 N–H and O–H groups in total. The standard InChI is InChI=1S/C75H58N2O/c1-73(2)64-26-13-10-20-56(64)59-41-38-52(44-67(59)73)76(50-34-30-48(31-35-50)47-18-8-7-9-19-47)51-36-32-49(33-37-51)55-23-16-24-62-63-25-17-29-70(72(63)78-71(55)62)77(53-39-42-60-57-21-11-14-27-65(57)74(3,4)68(60)45-53)54-40-43-61-58-22-12-15-28-66(58)75(5,6)69(61)46-54/h7-46H,1-6H3. The van der Waals surface area contributed by atoms with Crippen LogP contribution in [-0.4, -0.2) is 0 Å². The first-order chi connectivity index (χ1) is 37.9. The summed E-state index contributed by atoms with van der Waals surface area (Å²) >= 11 is 0. The maximum atomic E-state index is 7.36. The number of fused-ring (bicyclic) bond motifs is 12. The highest BCUT2D eigenvalue weighted by Crippen LogP contribution is 2.55. The highest BCUT2D eigenvalue weighted by molar-refractivity contribution is 6.14. The van der Waals surface area contributed by atoms with Crippen LogP contribution in [0.5, 0.6) is 0 Å². The van der Waals surface area contributed by atoms with Gasteiger partial charge in [0.2, 0.25) is 0 Å². The fourth-order valence-electron chi connectivity index (χ4n) is 13.8. The van der Waals surface area contributed by atoms with E-state index in [0.29, 0.717) is 0 Å². The van der Waals surface area contributed by atoms with E-state index in [-0.39, 0.29) is 16.2 Å². The lowest BCUT2D eigenvalue weighted by atomic mass is 9.82. The van der Waals surface area contributed by atoms with Gasteiger partial charge in [0.25, 0.3) is 0 Å². The molecule has 374 valence electrons. The van der Waals surface area contributed by atoms with Crippen molar-refractivity contribution in [1.82, 2.24) is 0 Å². The SMILES string of the molecule is CC1(C)c2ccccc2-c2ccc(N(c3ccc(-c4ccccc4)cc3)c3ccc(-c4cccc5c4oc4c(N(c6ccc7c(c6)C(C)(C)c6ccccc6-7)c6ccc7c(c6)C(C)(C)c6ccccc6-7)cccc45)cc3)cc21. The van der Waals surface area contributed by atoms with Crippen LogP contribution < -0.4 is 9.80 Å². The molecule has 0 bridgehead atoms. The number of benzene rings is 11. The Morgan fingerprint density at radius 3 is 1.10 bits per heavy atom. The average molecular weight is 1000 g/mol. The van der Waals surface area contributed by atoms with E-state index in [2.05, 4.69) is 294 Å². The number of nitrogens with zero attached hydrogens (tertiary/aromatic N) is 2. The predicted molar refractivity (Wildman–Crippen MR) is 327 cm³/mol. The van der Waals surface area contributed by atoms with Crippen molar-refractivity contribution in [2.75, 3.05) is 9.80 Å². The van der Waals surface area contributed by atoms with Gasteiger partial charge < -0.3 is 14.2 Å². The van der Waals surface area contributed by atoms with Crippen LogP contribution >= 0.6 is 0 Å². The number of para-hydroxylation sites is 2. The zero-order chi connectivity index (χ0) is 52.7. The molecule has 11 aromatic carbocycles.